The van der Waals surface area contributed by atoms with Crippen molar-refractivity contribution in [2.75, 3.05) is 0 Å². The van der Waals surface area contributed by atoms with Crippen LogP contribution in [0.2, 0.25) is 0 Å². The minimum atomic E-state index is -0.546. The van der Waals surface area contributed by atoms with Crippen molar-refractivity contribution in [1.82, 2.24) is 4.98 Å². The monoisotopic (exact) mass is 339 g/mol. The normalized spacial score (nSPS) is 12.0. The van der Waals surface area contributed by atoms with Crippen molar-refractivity contribution in [3.8, 4) is 0 Å². The molecule has 0 spiro atoms. The fourth-order valence-corrected chi connectivity index (χ4v) is 2.59. The number of hydrogen-bond donors (Lipinski definition) is 0. The van der Waals surface area contributed by atoms with Crippen LogP contribution in [0.5, 0.6) is 0 Å². The van der Waals surface area contributed by atoms with E-state index in [4.69, 9.17) is 0 Å². The molecule has 2 rings (SSSR count). The topological polar surface area (TPSA) is 47.0 Å². The zero-order valence-electron chi connectivity index (χ0n) is 14.8. The third-order valence-corrected chi connectivity index (χ3v) is 4.18. The third-order valence-electron chi connectivity index (χ3n) is 4.18. The lowest BCUT2D eigenvalue weighted by molar-refractivity contribution is -0.116. The summed E-state index contributed by atoms with van der Waals surface area (Å²) in [5, 5.41) is 0. The van der Waals surface area contributed by atoms with Gasteiger partial charge in [-0.05, 0) is 35.7 Å². The van der Waals surface area contributed by atoms with Gasteiger partial charge >= 0.3 is 0 Å². The second-order valence-corrected chi connectivity index (χ2v) is 6.51. The number of benzene rings is 1. The van der Waals surface area contributed by atoms with Gasteiger partial charge in [-0.2, -0.15) is 0 Å². The van der Waals surface area contributed by atoms with Crippen LogP contribution in [0, 0.1) is 11.7 Å². The molecular weight excluding hydrogens is 317 g/mol. The van der Waals surface area contributed by atoms with Crippen molar-refractivity contribution >= 4 is 17.1 Å². The molecule has 1 atom stereocenters. The molecule has 0 radical (unpaired) electrons. The average molecular weight is 339 g/mol. The predicted octanol–water partition coefficient (Wildman–Crippen LogP) is 4.84. The van der Waals surface area contributed by atoms with Crippen LogP contribution in [0.25, 0.3) is 5.57 Å². The van der Waals surface area contributed by atoms with Crippen LogP contribution >= 0.6 is 0 Å². The molecule has 1 heterocycles. The Bertz CT molecular complexity index is 797. The number of ketones is 2. The molecule has 0 aliphatic carbocycles. The molecule has 25 heavy (non-hydrogen) atoms. The van der Waals surface area contributed by atoms with E-state index in [1.807, 2.05) is 19.1 Å². The number of rotatable bonds is 7. The van der Waals surface area contributed by atoms with E-state index in [9.17, 15) is 14.0 Å². The Labute approximate surface area is 147 Å². The van der Waals surface area contributed by atoms with Gasteiger partial charge in [-0.3, -0.25) is 14.6 Å². The van der Waals surface area contributed by atoms with E-state index in [2.05, 4.69) is 11.6 Å². The maximum Gasteiger partial charge on any atom is 0.165 e. The van der Waals surface area contributed by atoms with Crippen LogP contribution in [-0.4, -0.2) is 16.6 Å². The average Bonchev–Trinajstić information content (AvgIpc) is 2.61. The molecule has 0 aliphatic rings. The Morgan fingerprint density at radius 2 is 1.92 bits per heavy atom. The molecule has 0 fully saturated rings. The zero-order chi connectivity index (χ0) is 18.6. The first-order valence-corrected chi connectivity index (χ1v) is 8.27. The van der Waals surface area contributed by atoms with E-state index in [-0.39, 0.29) is 41.0 Å². The summed E-state index contributed by atoms with van der Waals surface area (Å²) in [6.45, 7) is 9.12. The van der Waals surface area contributed by atoms with Gasteiger partial charge in [0.05, 0.1) is 0 Å². The Morgan fingerprint density at radius 1 is 1.20 bits per heavy atom. The molecule has 0 aliphatic heterocycles. The van der Waals surface area contributed by atoms with Crippen molar-refractivity contribution in [2.24, 2.45) is 5.92 Å². The highest BCUT2D eigenvalue weighted by Crippen LogP contribution is 2.25. The number of nitrogens with zero attached hydrogens (tertiary/aromatic N) is 1. The minimum Gasteiger partial charge on any atom is -0.294 e. The summed E-state index contributed by atoms with van der Waals surface area (Å²) < 4.78 is 14.1. The van der Waals surface area contributed by atoms with Crippen molar-refractivity contribution in [3.63, 3.8) is 0 Å². The lowest BCUT2D eigenvalue weighted by atomic mass is 9.91. The van der Waals surface area contributed by atoms with Crippen LogP contribution in [0.15, 0.2) is 49.3 Å². The van der Waals surface area contributed by atoms with Crippen molar-refractivity contribution in [3.05, 3.63) is 71.8 Å². The predicted molar refractivity (Wildman–Crippen MR) is 96.9 cm³/mol. The summed E-state index contributed by atoms with van der Waals surface area (Å²) in [6.07, 6.45) is 3.69. The van der Waals surface area contributed by atoms with Crippen LogP contribution in [-0.2, 0) is 4.79 Å². The van der Waals surface area contributed by atoms with Crippen molar-refractivity contribution in [1.29, 1.82) is 0 Å². The number of Topliss-reactive ketones (excluding diaryl/α,β-unsaturated/α-hetero) is 2. The summed E-state index contributed by atoms with van der Waals surface area (Å²) >= 11 is 0. The Kier molecular flexibility index (Phi) is 5.97. The second-order valence-electron chi connectivity index (χ2n) is 6.51. The maximum atomic E-state index is 14.1. The highest BCUT2D eigenvalue weighted by atomic mass is 19.1. The SMILES string of the molecule is C=C(C(=O)C(C)C)c1cc(C(=O)CC(C)c2cccnc2)ccc1F. The van der Waals surface area contributed by atoms with E-state index in [0.29, 0.717) is 5.56 Å². The number of halogens is 1. The number of pyridine rings is 1. The molecule has 0 saturated carbocycles. The smallest absolute Gasteiger partial charge is 0.165 e. The van der Waals surface area contributed by atoms with Gasteiger partial charge in [0, 0.05) is 41.4 Å². The molecule has 1 unspecified atom stereocenters. The molecule has 0 bridgehead atoms. The second kappa shape index (κ2) is 7.97. The van der Waals surface area contributed by atoms with Gasteiger partial charge in [0.15, 0.2) is 11.6 Å². The van der Waals surface area contributed by atoms with Gasteiger partial charge in [-0.25, -0.2) is 4.39 Å². The molecule has 3 nitrogen and oxygen atoms in total. The third kappa shape index (κ3) is 4.47. The van der Waals surface area contributed by atoms with E-state index >= 15 is 0 Å². The van der Waals surface area contributed by atoms with E-state index in [0.717, 1.165) is 5.56 Å². The number of allylic oxidation sites excluding steroid dienone is 1. The maximum absolute atomic E-state index is 14.1. The number of aromatic nitrogens is 1. The van der Waals surface area contributed by atoms with E-state index < -0.39 is 5.82 Å². The summed E-state index contributed by atoms with van der Waals surface area (Å²) in [5.74, 6) is -1.17. The zero-order valence-corrected chi connectivity index (χ0v) is 14.8. The van der Waals surface area contributed by atoms with Gasteiger partial charge < -0.3 is 0 Å². The molecule has 1 aromatic carbocycles. The Morgan fingerprint density at radius 3 is 2.52 bits per heavy atom. The molecule has 0 N–H and O–H groups in total. The van der Waals surface area contributed by atoms with Gasteiger partial charge in [-0.1, -0.05) is 33.4 Å². The van der Waals surface area contributed by atoms with Crippen LogP contribution < -0.4 is 0 Å². The van der Waals surface area contributed by atoms with E-state index in [1.54, 1.807) is 26.2 Å². The van der Waals surface area contributed by atoms with Crippen LogP contribution in [0.1, 0.15) is 54.6 Å². The lowest BCUT2D eigenvalue weighted by Gasteiger charge is -2.13. The minimum absolute atomic E-state index is 0.00444. The first kappa shape index (κ1) is 18.7. The molecule has 4 heteroatoms. The molecule has 0 saturated heterocycles. The Hall–Kier alpha value is -2.62. The molecule has 0 amide bonds. The first-order valence-electron chi connectivity index (χ1n) is 8.27. The highest BCUT2D eigenvalue weighted by molar-refractivity contribution is 6.21. The van der Waals surface area contributed by atoms with Gasteiger partial charge in [0.1, 0.15) is 5.82 Å². The Balaban J connectivity index is 2.22. The number of hydrogen-bond acceptors (Lipinski definition) is 3. The number of carbonyl (C=O) groups excluding carboxylic acids is 2. The standard InChI is InChI=1S/C21H22FNO2/c1-13(2)21(25)15(4)18-11-16(7-8-19(18)22)20(24)10-14(3)17-6-5-9-23-12-17/h5-9,11-14H,4,10H2,1-3H3. The van der Waals surface area contributed by atoms with Gasteiger partial charge in [0.25, 0.3) is 0 Å². The van der Waals surface area contributed by atoms with Gasteiger partial charge in [0.2, 0.25) is 0 Å². The van der Waals surface area contributed by atoms with Crippen molar-refractivity contribution < 1.29 is 14.0 Å². The molecular formula is C21H22FNO2. The summed E-state index contributed by atoms with van der Waals surface area (Å²) in [7, 11) is 0. The van der Waals surface area contributed by atoms with Gasteiger partial charge in [-0.15, -0.1) is 0 Å². The van der Waals surface area contributed by atoms with Crippen LogP contribution in [0.4, 0.5) is 4.39 Å². The molecule has 1 aromatic heterocycles. The summed E-state index contributed by atoms with van der Waals surface area (Å²) in [5.41, 5.74) is 1.54. The lowest BCUT2D eigenvalue weighted by Crippen LogP contribution is -2.11. The summed E-state index contributed by atoms with van der Waals surface area (Å²) in [4.78, 5) is 28.7. The highest BCUT2D eigenvalue weighted by Gasteiger charge is 2.19. The fourth-order valence-electron chi connectivity index (χ4n) is 2.59. The van der Waals surface area contributed by atoms with Crippen LogP contribution in [0.3, 0.4) is 0 Å². The fraction of sp³-hybridized carbons (Fsp3) is 0.286. The first-order chi connectivity index (χ1) is 11.8. The molecule has 130 valence electrons. The molecule has 2 aromatic rings. The van der Waals surface area contributed by atoms with Crippen molar-refractivity contribution in [2.45, 2.75) is 33.1 Å². The quantitative estimate of drug-likeness (QED) is 0.536. The summed E-state index contributed by atoms with van der Waals surface area (Å²) in [6, 6.07) is 7.84. The largest absolute Gasteiger partial charge is 0.294 e. The number of carbonyl (C=O) groups is 2. The van der Waals surface area contributed by atoms with E-state index in [1.165, 1.54) is 18.2 Å².